The van der Waals surface area contributed by atoms with Crippen molar-refractivity contribution in [1.29, 1.82) is 0 Å². The Bertz CT molecular complexity index is 964. The number of ether oxygens (including phenoxy) is 1. The fourth-order valence-corrected chi connectivity index (χ4v) is 4.63. The predicted octanol–water partition coefficient (Wildman–Crippen LogP) is 4.14. The summed E-state index contributed by atoms with van der Waals surface area (Å²) in [7, 11) is 0. The molecule has 5 nitrogen and oxygen atoms in total. The zero-order valence-electron chi connectivity index (χ0n) is 18.0. The van der Waals surface area contributed by atoms with Crippen molar-refractivity contribution in [3.63, 3.8) is 0 Å². The van der Waals surface area contributed by atoms with Crippen LogP contribution in [0.1, 0.15) is 18.2 Å². The molecule has 0 radical (unpaired) electrons. The molecule has 1 saturated heterocycles. The molecule has 1 aliphatic heterocycles. The molecular formula is C25H29N3O2S. The van der Waals surface area contributed by atoms with Crippen molar-refractivity contribution in [2.24, 2.45) is 0 Å². The smallest absolute Gasteiger partial charge is 0.228 e. The predicted molar refractivity (Wildman–Crippen MR) is 126 cm³/mol. The number of rotatable bonds is 8. The van der Waals surface area contributed by atoms with Crippen molar-refractivity contribution in [1.82, 2.24) is 14.8 Å². The van der Waals surface area contributed by atoms with Crippen LogP contribution in [-0.2, 0) is 17.6 Å². The molecule has 0 bridgehead atoms. The molecule has 0 N–H and O–H groups in total. The lowest BCUT2D eigenvalue weighted by Crippen LogP contribution is -2.49. The zero-order chi connectivity index (χ0) is 21.5. The Morgan fingerprint density at radius 1 is 1.03 bits per heavy atom. The topological polar surface area (TPSA) is 45.7 Å². The van der Waals surface area contributed by atoms with E-state index in [-0.39, 0.29) is 5.91 Å². The van der Waals surface area contributed by atoms with E-state index in [1.807, 2.05) is 41.5 Å². The molecule has 4 rings (SSSR count). The van der Waals surface area contributed by atoms with E-state index in [1.165, 1.54) is 5.56 Å². The van der Waals surface area contributed by atoms with Crippen LogP contribution in [0.15, 0.2) is 60.0 Å². The van der Waals surface area contributed by atoms with Crippen LogP contribution in [0, 0.1) is 0 Å². The molecule has 0 saturated carbocycles. The van der Waals surface area contributed by atoms with Crippen molar-refractivity contribution < 1.29 is 9.53 Å². The molecule has 2 aromatic carbocycles. The Labute approximate surface area is 188 Å². The van der Waals surface area contributed by atoms with E-state index in [0.29, 0.717) is 13.0 Å². The van der Waals surface area contributed by atoms with Gasteiger partial charge in [-0.15, -0.1) is 11.3 Å². The first kappa shape index (κ1) is 21.5. The maximum atomic E-state index is 12.8. The number of hydrogen-bond acceptors (Lipinski definition) is 5. The first-order chi connectivity index (χ1) is 15.2. The number of piperazine rings is 1. The molecule has 0 spiro atoms. The van der Waals surface area contributed by atoms with Gasteiger partial charge in [-0.2, -0.15) is 0 Å². The molecule has 162 valence electrons. The van der Waals surface area contributed by atoms with Gasteiger partial charge < -0.3 is 9.64 Å². The van der Waals surface area contributed by atoms with Gasteiger partial charge in [-0.25, -0.2) is 4.98 Å². The lowest BCUT2D eigenvalue weighted by Gasteiger charge is -2.34. The van der Waals surface area contributed by atoms with Crippen LogP contribution in [0.3, 0.4) is 0 Å². The van der Waals surface area contributed by atoms with Crippen LogP contribution in [0.4, 0.5) is 0 Å². The number of amides is 1. The molecule has 1 amide bonds. The SMILES string of the molecule is CCOc1ccc(-c2nc(CC(=O)N3CCN(CCc4ccccc4)CC3)cs2)cc1. The number of carbonyl (C=O) groups is 1. The Kier molecular flexibility index (Phi) is 7.33. The number of thiazole rings is 1. The maximum absolute atomic E-state index is 12.8. The molecule has 3 aromatic rings. The second kappa shape index (κ2) is 10.6. The Balaban J connectivity index is 1.25. The van der Waals surface area contributed by atoms with Crippen molar-refractivity contribution in [2.75, 3.05) is 39.3 Å². The summed E-state index contributed by atoms with van der Waals surface area (Å²) in [5.74, 6) is 1.03. The summed E-state index contributed by atoms with van der Waals surface area (Å²) in [5.41, 5.74) is 3.28. The maximum Gasteiger partial charge on any atom is 0.228 e. The van der Waals surface area contributed by atoms with E-state index in [0.717, 1.165) is 61.2 Å². The minimum absolute atomic E-state index is 0.172. The van der Waals surface area contributed by atoms with Crippen LogP contribution >= 0.6 is 11.3 Å². The largest absolute Gasteiger partial charge is 0.494 e. The number of nitrogens with zero attached hydrogens (tertiary/aromatic N) is 3. The zero-order valence-corrected chi connectivity index (χ0v) is 18.8. The summed E-state index contributed by atoms with van der Waals surface area (Å²) < 4.78 is 5.50. The highest BCUT2D eigenvalue weighted by atomic mass is 32.1. The van der Waals surface area contributed by atoms with E-state index in [1.54, 1.807) is 11.3 Å². The average Bonchev–Trinajstić information content (AvgIpc) is 3.28. The first-order valence-corrected chi connectivity index (χ1v) is 11.8. The van der Waals surface area contributed by atoms with Gasteiger partial charge in [-0.1, -0.05) is 30.3 Å². The van der Waals surface area contributed by atoms with E-state index in [9.17, 15) is 4.79 Å². The highest BCUT2D eigenvalue weighted by Crippen LogP contribution is 2.26. The van der Waals surface area contributed by atoms with Crippen molar-refractivity contribution >= 4 is 17.2 Å². The highest BCUT2D eigenvalue weighted by molar-refractivity contribution is 7.13. The molecular weight excluding hydrogens is 406 g/mol. The fraction of sp³-hybridized carbons (Fsp3) is 0.360. The van der Waals surface area contributed by atoms with Crippen LogP contribution in [0.25, 0.3) is 10.6 Å². The molecule has 1 aliphatic rings. The third kappa shape index (κ3) is 5.93. The van der Waals surface area contributed by atoms with Gasteiger partial charge in [-0.3, -0.25) is 9.69 Å². The second-order valence-corrected chi connectivity index (χ2v) is 8.59. The number of carbonyl (C=O) groups excluding carboxylic acids is 1. The first-order valence-electron chi connectivity index (χ1n) is 10.9. The Morgan fingerprint density at radius 2 is 1.77 bits per heavy atom. The van der Waals surface area contributed by atoms with Crippen LogP contribution in [0.2, 0.25) is 0 Å². The monoisotopic (exact) mass is 435 g/mol. The average molecular weight is 436 g/mol. The number of aromatic nitrogens is 1. The van der Waals surface area contributed by atoms with Gasteiger partial charge in [-0.05, 0) is 43.2 Å². The standard InChI is InChI=1S/C25H29N3O2S/c1-2-30-23-10-8-21(9-11-23)25-26-22(19-31-25)18-24(29)28-16-14-27(15-17-28)13-12-20-6-4-3-5-7-20/h3-11,19H,2,12-18H2,1H3. The second-order valence-electron chi connectivity index (χ2n) is 7.74. The highest BCUT2D eigenvalue weighted by Gasteiger charge is 2.21. The lowest BCUT2D eigenvalue weighted by molar-refractivity contribution is -0.132. The molecule has 31 heavy (non-hydrogen) atoms. The summed E-state index contributed by atoms with van der Waals surface area (Å²) in [5, 5.41) is 2.94. The van der Waals surface area contributed by atoms with Gasteiger partial charge in [0.25, 0.3) is 0 Å². The minimum Gasteiger partial charge on any atom is -0.494 e. The van der Waals surface area contributed by atoms with Crippen molar-refractivity contribution in [3.8, 4) is 16.3 Å². The molecule has 0 aliphatic carbocycles. The van der Waals surface area contributed by atoms with Crippen molar-refractivity contribution in [2.45, 2.75) is 19.8 Å². The van der Waals surface area contributed by atoms with Gasteiger partial charge in [0.15, 0.2) is 0 Å². The molecule has 1 aromatic heterocycles. The molecule has 2 heterocycles. The number of benzene rings is 2. The van der Waals surface area contributed by atoms with E-state index >= 15 is 0 Å². The number of hydrogen-bond donors (Lipinski definition) is 0. The Hall–Kier alpha value is -2.70. The van der Waals surface area contributed by atoms with Gasteiger partial charge in [0, 0.05) is 43.7 Å². The van der Waals surface area contributed by atoms with E-state index in [4.69, 9.17) is 4.74 Å². The Morgan fingerprint density at radius 3 is 2.48 bits per heavy atom. The molecule has 0 unspecified atom stereocenters. The summed E-state index contributed by atoms with van der Waals surface area (Å²) >= 11 is 1.58. The van der Waals surface area contributed by atoms with Gasteiger partial charge in [0.2, 0.25) is 5.91 Å². The summed E-state index contributed by atoms with van der Waals surface area (Å²) in [6, 6.07) is 18.5. The van der Waals surface area contributed by atoms with Crippen LogP contribution < -0.4 is 4.74 Å². The van der Waals surface area contributed by atoms with Crippen molar-refractivity contribution in [3.05, 3.63) is 71.2 Å². The normalized spacial score (nSPS) is 14.5. The molecule has 6 heteroatoms. The van der Waals surface area contributed by atoms with Gasteiger partial charge in [0.05, 0.1) is 18.7 Å². The van der Waals surface area contributed by atoms with Gasteiger partial charge >= 0.3 is 0 Å². The summed E-state index contributed by atoms with van der Waals surface area (Å²) in [6.45, 7) is 7.14. The van der Waals surface area contributed by atoms with Gasteiger partial charge in [0.1, 0.15) is 10.8 Å². The third-order valence-electron chi connectivity index (χ3n) is 5.58. The van der Waals surface area contributed by atoms with Crippen LogP contribution in [0.5, 0.6) is 5.75 Å². The fourth-order valence-electron chi connectivity index (χ4n) is 3.80. The molecule has 0 atom stereocenters. The third-order valence-corrected chi connectivity index (χ3v) is 6.52. The van der Waals surface area contributed by atoms with E-state index < -0.39 is 0 Å². The quantitative estimate of drug-likeness (QED) is 0.534. The lowest BCUT2D eigenvalue weighted by atomic mass is 10.1. The van der Waals surface area contributed by atoms with Crippen LogP contribution in [-0.4, -0.2) is 60.0 Å². The summed E-state index contributed by atoms with van der Waals surface area (Å²) in [4.78, 5) is 21.9. The summed E-state index contributed by atoms with van der Waals surface area (Å²) in [6.07, 6.45) is 1.43. The minimum atomic E-state index is 0.172. The van der Waals surface area contributed by atoms with E-state index in [2.05, 4.69) is 40.2 Å². The molecule has 1 fully saturated rings.